The molecule has 6 N–H and O–H groups in total. The molecule has 0 bridgehead atoms. The summed E-state index contributed by atoms with van der Waals surface area (Å²) < 4.78 is 36.9. The number of rotatable bonds is 7. The highest BCUT2D eigenvalue weighted by molar-refractivity contribution is 5.72. The van der Waals surface area contributed by atoms with Gasteiger partial charge >= 0.3 is 5.97 Å². The molecule has 0 radical (unpaired) electrons. The predicted molar refractivity (Wildman–Crippen MR) is 138 cm³/mol. The van der Waals surface area contributed by atoms with Crippen LogP contribution in [0.3, 0.4) is 0 Å². The molecule has 2 saturated carbocycles. The molecule has 5 fully saturated rings. The number of carboxylic acids is 1. The molecule has 5 rings (SSSR count). The van der Waals surface area contributed by atoms with Gasteiger partial charge in [0.2, 0.25) is 0 Å². The summed E-state index contributed by atoms with van der Waals surface area (Å²) in [4.78, 5) is 12.0. The van der Waals surface area contributed by atoms with Crippen LogP contribution >= 0.6 is 0 Å². The molecular formula is C28H46O13. The number of aliphatic hydroxyl groups is 5. The van der Waals surface area contributed by atoms with E-state index in [2.05, 4.69) is 0 Å². The fraction of sp³-hybridized carbons (Fsp3) is 0.964. The summed E-state index contributed by atoms with van der Waals surface area (Å²) in [6.07, 6.45) is -8.41. The zero-order valence-corrected chi connectivity index (χ0v) is 23.7. The molecule has 236 valence electrons. The first kappa shape index (κ1) is 31.5. The number of fused-ring (bicyclic) bond motifs is 1. The number of hydrogen-bond acceptors (Lipinski definition) is 12. The van der Waals surface area contributed by atoms with E-state index in [1.54, 1.807) is 6.92 Å². The van der Waals surface area contributed by atoms with Crippen molar-refractivity contribution in [3.8, 4) is 0 Å². The molecule has 13 heteroatoms. The van der Waals surface area contributed by atoms with E-state index >= 15 is 0 Å². The lowest BCUT2D eigenvalue weighted by atomic mass is 9.82. The van der Waals surface area contributed by atoms with Crippen LogP contribution in [0.15, 0.2) is 0 Å². The van der Waals surface area contributed by atoms with Crippen LogP contribution in [0.25, 0.3) is 0 Å². The van der Waals surface area contributed by atoms with Gasteiger partial charge in [0.25, 0.3) is 0 Å². The lowest BCUT2D eigenvalue weighted by Crippen LogP contribution is -2.63. The molecule has 41 heavy (non-hydrogen) atoms. The summed E-state index contributed by atoms with van der Waals surface area (Å²) in [5.41, 5.74) is -0.143. The summed E-state index contributed by atoms with van der Waals surface area (Å²) in [6, 6.07) is 0. The van der Waals surface area contributed by atoms with Crippen molar-refractivity contribution in [3.63, 3.8) is 0 Å². The second-order valence-electron chi connectivity index (χ2n) is 12.5. The summed E-state index contributed by atoms with van der Waals surface area (Å²) in [5.74, 6) is -1.11. The molecule has 0 aromatic heterocycles. The van der Waals surface area contributed by atoms with Crippen LogP contribution in [0.5, 0.6) is 0 Å². The Balaban J connectivity index is 1.38. The van der Waals surface area contributed by atoms with Gasteiger partial charge in [0.15, 0.2) is 18.7 Å². The van der Waals surface area contributed by atoms with Crippen molar-refractivity contribution in [1.82, 2.24) is 0 Å². The number of hydrogen-bond donors (Lipinski definition) is 6. The SMILES string of the molecule is CCC1CCCC(OC2OC(CO)C(O)C3OC(C(=O)O)CCC4(CC4)COC23)C1OC1OC(C)C(O)C(O)C1O. The van der Waals surface area contributed by atoms with E-state index in [0.29, 0.717) is 19.4 Å². The van der Waals surface area contributed by atoms with Crippen LogP contribution in [0.2, 0.25) is 0 Å². The van der Waals surface area contributed by atoms with Crippen molar-refractivity contribution in [2.45, 2.75) is 145 Å². The maximum Gasteiger partial charge on any atom is 0.332 e. The van der Waals surface area contributed by atoms with Crippen molar-refractivity contribution in [3.05, 3.63) is 0 Å². The Hall–Kier alpha value is -0.970. The van der Waals surface area contributed by atoms with E-state index in [-0.39, 0.29) is 17.8 Å². The molecule has 0 aromatic carbocycles. The van der Waals surface area contributed by atoms with Crippen molar-refractivity contribution in [2.75, 3.05) is 13.2 Å². The Kier molecular flexibility index (Phi) is 9.93. The molecule has 3 aliphatic heterocycles. The van der Waals surface area contributed by atoms with Crippen LogP contribution in [0.4, 0.5) is 0 Å². The van der Waals surface area contributed by atoms with Crippen LogP contribution in [0.1, 0.15) is 65.2 Å². The van der Waals surface area contributed by atoms with Crippen LogP contribution in [-0.2, 0) is 33.2 Å². The average molecular weight is 591 g/mol. The maximum atomic E-state index is 12.0. The molecule has 0 aromatic rings. The number of carbonyl (C=O) groups is 1. The third-order valence-electron chi connectivity index (χ3n) is 9.70. The summed E-state index contributed by atoms with van der Waals surface area (Å²) in [7, 11) is 0. The van der Waals surface area contributed by atoms with Gasteiger partial charge in [-0.1, -0.05) is 19.8 Å². The van der Waals surface area contributed by atoms with Crippen LogP contribution in [-0.4, -0.2) is 130 Å². The number of aliphatic carboxylic acids is 1. The maximum absolute atomic E-state index is 12.0. The van der Waals surface area contributed by atoms with Gasteiger partial charge < -0.3 is 59.1 Å². The van der Waals surface area contributed by atoms with E-state index < -0.39 is 92.3 Å². The third-order valence-corrected chi connectivity index (χ3v) is 9.70. The largest absolute Gasteiger partial charge is 0.479 e. The molecule has 3 saturated heterocycles. The number of carboxylic acid groups (broad SMARTS) is 1. The zero-order chi connectivity index (χ0) is 29.5. The third kappa shape index (κ3) is 6.60. The lowest BCUT2D eigenvalue weighted by Gasteiger charge is -2.48. The van der Waals surface area contributed by atoms with Crippen molar-refractivity contribution < 1.29 is 63.9 Å². The molecular weight excluding hydrogens is 544 g/mol. The van der Waals surface area contributed by atoms with E-state index in [4.69, 9.17) is 28.4 Å². The first-order chi connectivity index (χ1) is 19.6. The Morgan fingerprint density at radius 3 is 2.29 bits per heavy atom. The second-order valence-corrected chi connectivity index (χ2v) is 12.5. The molecule has 2 aliphatic carbocycles. The van der Waals surface area contributed by atoms with Crippen LogP contribution in [0, 0.1) is 11.3 Å². The minimum atomic E-state index is -1.47. The first-order valence-electron chi connectivity index (χ1n) is 15.0. The first-order valence-corrected chi connectivity index (χ1v) is 15.0. The predicted octanol–water partition coefficient (Wildman–Crippen LogP) is -0.330. The Labute approximate surface area is 239 Å². The Morgan fingerprint density at radius 2 is 1.63 bits per heavy atom. The van der Waals surface area contributed by atoms with Crippen LogP contribution < -0.4 is 0 Å². The van der Waals surface area contributed by atoms with E-state index in [0.717, 1.165) is 32.1 Å². The Bertz CT molecular complexity index is 885. The minimum Gasteiger partial charge on any atom is -0.479 e. The van der Waals surface area contributed by atoms with Gasteiger partial charge in [-0.05, 0) is 56.8 Å². The highest BCUT2D eigenvalue weighted by Gasteiger charge is 2.54. The topological polar surface area (TPSA) is 194 Å². The second kappa shape index (κ2) is 12.9. The molecule has 13 nitrogen and oxygen atoms in total. The van der Waals surface area contributed by atoms with Gasteiger partial charge in [0.1, 0.15) is 42.7 Å². The molecule has 1 spiro atoms. The number of ether oxygens (including phenoxy) is 6. The molecule has 14 atom stereocenters. The van der Waals surface area contributed by atoms with E-state index in [1.807, 2.05) is 6.92 Å². The molecule has 5 aliphatic rings. The fourth-order valence-electron chi connectivity index (χ4n) is 6.72. The van der Waals surface area contributed by atoms with Gasteiger partial charge in [0.05, 0.1) is 31.5 Å². The fourth-order valence-corrected chi connectivity index (χ4v) is 6.72. The van der Waals surface area contributed by atoms with Crippen molar-refractivity contribution in [2.24, 2.45) is 11.3 Å². The molecule has 0 amide bonds. The van der Waals surface area contributed by atoms with E-state index in [9.17, 15) is 35.4 Å². The summed E-state index contributed by atoms with van der Waals surface area (Å²) in [6.45, 7) is 3.40. The highest BCUT2D eigenvalue weighted by atomic mass is 16.7. The quantitative estimate of drug-likeness (QED) is 0.226. The average Bonchev–Trinajstić information content (AvgIpc) is 3.71. The van der Waals surface area contributed by atoms with Gasteiger partial charge in [-0.25, -0.2) is 4.79 Å². The van der Waals surface area contributed by atoms with E-state index in [1.165, 1.54) is 0 Å². The standard InChI is InChI=1S/C28H46O13/c1-3-14-5-4-6-15(22(14)41-26-21(33)20(32)18(30)13(2)37-26)39-27-24-23(19(31)17(11-29)40-27)38-16(25(34)35)7-8-28(9-10-28)12-36-24/h13-24,26-27,29-33H,3-12H2,1-2H3,(H,34,35). The molecule has 3 heterocycles. The normalized spacial score (nSPS) is 48.5. The van der Waals surface area contributed by atoms with Crippen molar-refractivity contribution in [1.29, 1.82) is 0 Å². The summed E-state index contributed by atoms with van der Waals surface area (Å²) >= 11 is 0. The number of aliphatic hydroxyl groups excluding tert-OH is 5. The zero-order valence-electron chi connectivity index (χ0n) is 23.7. The van der Waals surface area contributed by atoms with Gasteiger partial charge in [-0.3, -0.25) is 0 Å². The van der Waals surface area contributed by atoms with Gasteiger partial charge in [-0.2, -0.15) is 0 Å². The minimum absolute atomic E-state index is 0.0197. The van der Waals surface area contributed by atoms with Crippen molar-refractivity contribution >= 4 is 5.97 Å². The smallest absolute Gasteiger partial charge is 0.332 e. The highest BCUT2D eigenvalue weighted by Crippen LogP contribution is 2.51. The van der Waals surface area contributed by atoms with Gasteiger partial charge in [-0.15, -0.1) is 0 Å². The summed E-state index contributed by atoms with van der Waals surface area (Å²) in [5, 5.41) is 61.9. The monoisotopic (exact) mass is 590 g/mol. The molecule has 14 unspecified atom stereocenters. The lowest BCUT2D eigenvalue weighted by molar-refractivity contribution is -0.353. The Morgan fingerprint density at radius 1 is 0.878 bits per heavy atom. The van der Waals surface area contributed by atoms with Gasteiger partial charge in [0, 0.05) is 0 Å².